The second kappa shape index (κ2) is 11.9. The van der Waals surface area contributed by atoms with Gasteiger partial charge in [0.2, 0.25) is 0 Å². The number of ether oxygens (including phenoxy) is 1. The number of nitrogens with zero attached hydrogens (tertiary/aromatic N) is 1. The lowest BCUT2D eigenvalue weighted by molar-refractivity contribution is -0.253. The van der Waals surface area contributed by atoms with Gasteiger partial charge in [-0.1, -0.05) is 41.9 Å². The molecule has 0 saturated carbocycles. The molecular weight excluding hydrogens is 580 g/mol. The molecule has 3 rings (SSSR count). The van der Waals surface area contributed by atoms with Crippen LogP contribution in [-0.4, -0.2) is 52.0 Å². The minimum atomic E-state index is -5.43. The van der Waals surface area contributed by atoms with E-state index in [0.717, 1.165) is 12.3 Å². The average Bonchev–Trinajstić information content (AvgIpc) is 2.87. The molecule has 0 saturated heterocycles. The standard InChI is InChI=1S/C25H19ClF8N2O4/c26-15-6-7-18(35-12-15)23(11-13-4-2-1-3-5-13,36-21(39)19(37)20(38)24(30,31)32)14-8-16(27)10-17(9-14)40-25(33,34)22(28)29/h1-10,12,19-20,22,37-38H,11H2,(H,36,39). The van der Waals surface area contributed by atoms with Gasteiger partial charge in [-0.3, -0.25) is 9.78 Å². The second-order valence-corrected chi connectivity index (χ2v) is 8.93. The van der Waals surface area contributed by atoms with Gasteiger partial charge >= 0.3 is 18.7 Å². The van der Waals surface area contributed by atoms with E-state index in [-0.39, 0.29) is 10.7 Å². The summed E-state index contributed by atoms with van der Waals surface area (Å²) in [5, 5.41) is 21.6. The monoisotopic (exact) mass is 598 g/mol. The third-order valence-corrected chi connectivity index (χ3v) is 5.81. The molecule has 216 valence electrons. The van der Waals surface area contributed by atoms with Gasteiger partial charge in [0.15, 0.2) is 12.2 Å². The quantitative estimate of drug-likeness (QED) is 0.286. The van der Waals surface area contributed by atoms with Crippen molar-refractivity contribution in [3.05, 3.63) is 94.5 Å². The first-order valence-electron chi connectivity index (χ1n) is 11.1. The van der Waals surface area contributed by atoms with E-state index in [4.69, 9.17) is 11.6 Å². The van der Waals surface area contributed by atoms with Crippen molar-refractivity contribution in [2.75, 3.05) is 0 Å². The maximum atomic E-state index is 14.7. The Hall–Kier alpha value is -3.49. The van der Waals surface area contributed by atoms with Crippen molar-refractivity contribution in [1.29, 1.82) is 0 Å². The van der Waals surface area contributed by atoms with Gasteiger partial charge in [0.1, 0.15) is 17.1 Å². The number of aromatic nitrogens is 1. The average molecular weight is 599 g/mol. The van der Waals surface area contributed by atoms with Crippen LogP contribution in [0.15, 0.2) is 66.9 Å². The smallest absolute Gasteiger partial charge is 0.428 e. The van der Waals surface area contributed by atoms with Crippen LogP contribution in [0.25, 0.3) is 0 Å². The SMILES string of the molecule is O=C(NC(Cc1ccccc1)(c1cc(F)cc(OC(F)(F)C(F)F)c1)c1ccc(Cl)cn1)C(O)C(O)C(F)(F)F. The van der Waals surface area contributed by atoms with Gasteiger partial charge in [0, 0.05) is 18.7 Å². The van der Waals surface area contributed by atoms with Gasteiger partial charge in [-0.2, -0.15) is 30.7 Å². The summed E-state index contributed by atoms with van der Waals surface area (Å²) in [4.78, 5) is 17.0. The van der Waals surface area contributed by atoms with Crippen LogP contribution >= 0.6 is 11.6 Å². The number of nitrogens with one attached hydrogen (secondary N) is 1. The van der Waals surface area contributed by atoms with Crippen molar-refractivity contribution < 1.29 is 54.9 Å². The third kappa shape index (κ3) is 7.17. The van der Waals surface area contributed by atoms with E-state index in [1.54, 1.807) is 6.07 Å². The second-order valence-electron chi connectivity index (χ2n) is 8.49. The summed E-state index contributed by atoms with van der Waals surface area (Å²) in [5.74, 6) is -4.27. The van der Waals surface area contributed by atoms with Crippen LogP contribution in [0.3, 0.4) is 0 Å². The van der Waals surface area contributed by atoms with Gasteiger partial charge in [-0.15, -0.1) is 0 Å². The van der Waals surface area contributed by atoms with E-state index in [1.807, 2.05) is 0 Å². The molecular formula is C25H19ClF8N2O4. The lowest BCUT2D eigenvalue weighted by Gasteiger charge is -2.37. The summed E-state index contributed by atoms with van der Waals surface area (Å²) in [6.07, 6.45) is -20.9. The fourth-order valence-electron chi connectivity index (χ4n) is 3.73. The molecule has 0 radical (unpaired) electrons. The molecule has 15 heteroatoms. The number of carbonyl (C=O) groups excluding carboxylic acids is 1. The number of rotatable bonds is 10. The zero-order valence-electron chi connectivity index (χ0n) is 19.8. The number of halogens is 9. The Morgan fingerprint density at radius 1 is 1.00 bits per heavy atom. The number of hydrogen-bond donors (Lipinski definition) is 3. The summed E-state index contributed by atoms with van der Waals surface area (Å²) in [5.41, 5.74) is -2.70. The molecule has 3 unspecified atom stereocenters. The Kier molecular flexibility index (Phi) is 9.27. The van der Waals surface area contributed by atoms with E-state index in [9.17, 15) is 50.1 Å². The van der Waals surface area contributed by atoms with Crippen LogP contribution in [0.4, 0.5) is 35.1 Å². The molecule has 0 spiro atoms. The number of carbonyl (C=O) groups is 1. The number of alkyl halides is 7. The van der Waals surface area contributed by atoms with Crippen LogP contribution in [0.1, 0.15) is 16.8 Å². The van der Waals surface area contributed by atoms with Gasteiger partial charge in [0.25, 0.3) is 5.91 Å². The molecule has 0 aliphatic heterocycles. The van der Waals surface area contributed by atoms with Crippen molar-refractivity contribution in [3.63, 3.8) is 0 Å². The van der Waals surface area contributed by atoms with Gasteiger partial charge < -0.3 is 20.3 Å². The lowest BCUT2D eigenvalue weighted by atomic mass is 9.80. The van der Waals surface area contributed by atoms with Crippen molar-refractivity contribution in [2.24, 2.45) is 0 Å². The molecule has 3 N–H and O–H groups in total. The Morgan fingerprint density at radius 3 is 2.20 bits per heavy atom. The molecule has 0 fully saturated rings. The number of hydrogen-bond acceptors (Lipinski definition) is 5. The maximum Gasteiger partial charge on any atom is 0.461 e. The zero-order chi connectivity index (χ0) is 29.9. The summed E-state index contributed by atoms with van der Waals surface area (Å²) in [6, 6.07) is 11.7. The number of aliphatic hydroxyl groups excluding tert-OH is 2. The molecule has 2 aromatic carbocycles. The maximum absolute atomic E-state index is 14.7. The predicted octanol–water partition coefficient (Wildman–Crippen LogP) is 5.00. The molecule has 0 aliphatic carbocycles. The van der Waals surface area contributed by atoms with E-state index in [0.29, 0.717) is 23.8 Å². The van der Waals surface area contributed by atoms with Gasteiger partial charge in [-0.25, -0.2) is 4.39 Å². The first kappa shape index (κ1) is 31.0. The Balaban J connectivity index is 2.27. The highest BCUT2D eigenvalue weighted by atomic mass is 35.5. The minimum Gasteiger partial charge on any atom is -0.428 e. The van der Waals surface area contributed by atoms with Crippen molar-refractivity contribution in [2.45, 2.75) is 42.9 Å². The fourth-order valence-corrected chi connectivity index (χ4v) is 3.84. The van der Waals surface area contributed by atoms with E-state index in [2.05, 4.69) is 15.0 Å². The first-order valence-corrected chi connectivity index (χ1v) is 11.5. The van der Waals surface area contributed by atoms with Crippen molar-refractivity contribution in [1.82, 2.24) is 10.3 Å². The highest BCUT2D eigenvalue weighted by Crippen LogP contribution is 2.37. The molecule has 1 aromatic heterocycles. The third-order valence-electron chi connectivity index (χ3n) is 5.59. The number of amides is 1. The lowest BCUT2D eigenvalue weighted by Crippen LogP contribution is -2.56. The molecule has 3 aromatic rings. The Morgan fingerprint density at radius 2 is 1.65 bits per heavy atom. The molecule has 0 aliphatic rings. The largest absolute Gasteiger partial charge is 0.461 e. The number of aliphatic hydroxyl groups is 2. The van der Waals surface area contributed by atoms with Crippen LogP contribution in [0, 0.1) is 5.82 Å². The van der Waals surface area contributed by atoms with Gasteiger partial charge in [-0.05, 0) is 35.4 Å². The van der Waals surface area contributed by atoms with E-state index >= 15 is 0 Å². The van der Waals surface area contributed by atoms with E-state index in [1.165, 1.54) is 30.3 Å². The van der Waals surface area contributed by atoms with Crippen molar-refractivity contribution >= 4 is 17.5 Å². The first-order chi connectivity index (χ1) is 18.5. The number of pyridine rings is 1. The van der Waals surface area contributed by atoms with E-state index < -0.39 is 65.9 Å². The van der Waals surface area contributed by atoms with Crippen LogP contribution in [0.2, 0.25) is 5.02 Å². The minimum absolute atomic E-state index is 0.0519. The summed E-state index contributed by atoms with van der Waals surface area (Å²) in [6.45, 7) is 0. The summed E-state index contributed by atoms with van der Waals surface area (Å²) in [7, 11) is 0. The number of benzene rings is 2. The molecule has 6 nitrogen and oxygen atoms in total. The topological polar surface area (TPSA) is 91.7 Å². The van der Waals surface area contributed by atoms with Crippen LogP contribution in [0.5, 0.6) is 5.75 Å². The van der Waals surface area contributed by atoms with Gasteiger partial charge in [0.05, 0.1) is 10.7 Å². The molecule has 1 amide bonds. The molecule has 0 bridgehead atoms. The summed E-state index contributed by atoms with van der Waals surface area (Å²) < 4.78 is 111. The molecule has 40 heavy (non-hydrogen) atoms. The Bertz CT molecular complexity index is 1310. The fraction of sp³-hybridized carbons (Fsp3) is 0.280. The normalized spacial score (nSPS) is 15.3. The van der Waals surface area contributed by atoms with Crippen LogP contribution in [-0.2, 0) is 16.8 Å². The zero-order valence-corrected chi connectivity index (χ0v) is 20.6. The highest BCUT2D eigenvalue weighted by molar-refractivity contribution is 6.30. The summed E-state index contributed by atoms with van der Waals surface area (Å²) >= 11 is 5.89. The molecule has 1 heterocycles. The van der Waals surface area contributed by atoms with Crippen LogP contribution < -0.4 is 10.1 Å². The highest BCUT2D eigenvalue weighted by Gasteiger charge is 2.49. The molecule has 3 atom stereocenters. The predicted molar refractivity (Wildman–Crippen MR) is 124 cm³/mol. The van der Waals surface area contributed by atoms with Crippen molar-refractivity contribution in [3.8, 4) is 5.75 Å². The Labute approximate surface area is 226 Å².